The van der Waals surface area contributed by atoms with Gasteiger partial charge in [-0.2, -0.15) is 5.26 Å². The van der Waals surface area contributed by atoms with Crippen molar-refractivity contribution in [2.24, 2.45) is 0 Å². The Morgan fingerprint density at radius 3 is 2.65 bits per heavy atom. The largest absolute Gasteiger partial charge is 0.491 e. The Bertz CT molecular complexity index is 485. The molecule has 1 unspecified atom stereocenters. The van der Waals surface area contributed by atoms with Crippen molar-refractivity contribution in [1.82, 2.24) is 5.32 Å². The van der Waals surface area contributed by atoms with Gasteiger partial charge in [0.05, 0.1) is 12.7 Å². The van der Waals surface area contributed by atoms with Gasteiger partial charge in [0, 0.05) is 12.1 Å². The van der Waals surface area contributed by atoms with Gasteiger partial charge in [-0.05, 0) is 45.7 Å². The van der Waals surface area contributed by atoms with Crippen molar-refractivity contribution in [2.75, 3.05) is 6.61 Å². The number of halogens is 2. The van der Waals surface area contributed by atoms with E-state index < -0.39 is 17.2 Å². The van der Waals surface area contributed by atoms with Gasteiger partial charge in [0.25, 0.3) is 0 Å². The van der Waals surface area contributed by atoms with Gasteiger partial charge in [-0.25, -0.2) is 8.78 Å². The maximum atomic E-state index is 13.3. The number of nitriles is 1. The lowest BCUT2D eigenvalue weighted by Gasteiger charge is -2.25. The summed E-state index contributed by atoms with van der Waals surface area (Å²) in [5.74, 6) is -1.32. The van der Waals surface area contributed by atoms with Gasteiger partial charge < -0.3 is 4.74 Å². The fraction of sp³-hybridized carbons (Fsp3) is 0.533. The number of hydrogen-bond acceptors (Lipinski definition) is 3. The third-order valence-corrected chi connectivity index (χ3v) is 2.83. The lowest BCUT2D eigenvalue weighted by atomic mass is 9.97. The van der Waals surface area contributed by atoms with Crippen LogP contribution in [0.3, 0.4) is 0 Å². The van der Waals surface area contributed by atoms with Crippen molar-refractivity contribution >= 4 is 0 Å². The van der Waals surface area contributed by atoms with Gasteiger partial charge in [-0.15, -0.1) is 0 Å². The van der Waals surface area contributed by atoms with E-state index in [2.05, 4.69) is 11.4 Å². The molecule has 3 nitrogen and oxygen atoms in total. The minimum atomic E-state index is -0.714. The molecule has 0 bridgehead atoms. The van der Waals surface area contributed by atoms with Crippen LogP contribution in [0.15, 0.2) is 18.2 Å². The highest BCUT2D eigenvalue weighted by Gasteiger charge is 2.23. The Morgan fingerprint density at radius 1 is 1.40 bits per heavy atom. The lowest BCUT2D eigenvalue weighted by molar-refractivity contribution is 0.269. The number of nitrogens with one attached hydrogen (secondary N) is 1. The van der Waals surface area contributed by atoms with Crippen LogP contribution in [0.5, 0.6) is 5.75 Å². The Morgan fingerprint density at radius 2 is 2.10 bits per heavy atom. The van der Waals surface area contributed by atoms with Crippen molar-refractivity contribution in [3.05, 3.63) is 29.8 Å². The number of rotatable bonds is 7. The van der Waals surface area contributed by atoms with E-state index in [-0.39, 0.29) is 18.4 Å². The van der Waals surface area contributed by atoms with Gasteiger partial charge in [-0.3, -0.25) is 5.32 Å². The average Bonchev–Trinajstić information content (AvgIpc) is 2.36. The van der Waals surface area contributed by atoms with E-state index in [1.807, 2.05) is 20.8 Å². The molecule has 0 aromatic heterocycles. The van der Waals surface area contributed by atoms with E-state index in [1.165, 1.54) is 6.07 Å². The fourth-order valence-electron chi connectivity index (χ4n) is 2.00. The predicted octanol–water partition coefficient (Wildman–Crippen LogP) is 3.40. The molecule has 1 atom stereocenters. The van der Waals surface area contributed by atoms with Crippen LogP contribution in [-0.4, -0.2) is 18.2 Å². The topological polar surface area (TPSA) is 45.0 Å². The zero-order valence-electron chi connectivity index (χ0n) is 12.0. The number of hydrogen-bond donors (Lipinski definition) is 1. The Labute approximate surface area is 118 Å². The first-order chi connectivity index (χ1) is 9.36. The second kappa shape index (κ2) is 7.20. The van der Waals surface area contributed by atoms with Crippen molar-refractivity contribution in [2.45, 2.75) is 45.2 Å². The third-order valence-electron chi connectivity index (χ3n) is 2.83. The van der Waals surface area contributed by atoms with Gasteiger partial charge in [0.15, 0.2) is 11.6 Å². The molecule has 0 saturated heterocycles. The summed E-state index contributed by atoms with van der Waals surface area (Å²) in [5.41, 5.74) is -0.626. The molecule has 0 aliphatic heterocycles. The standard InChI is InChI=1S/C15H20F2N2O/c1-11(2)19-15(3,10-18)7-4-8-20-14-6-5-12(16)9-13(14)17/h5-6,9,11,19H,4,7-8H2,1-3H3. The Kier molecular flexibility index (Phi) is 5.90. The van der Waals surface area contributed by atoms with E-state index in [4.69, 9.17) is 4.74 Å². The summed E-state index contributed by atoms with van der Waals surface area (Å²) in [6.07, 6.45) is 1.19. The summed E-state index contributed by atoms with van der Waals surface area (Å²) in [6, 6.07) is 5.64. The highest BCUT2D eigenvalue weighted by atomic mass is 19.1. The summed E-state index contributed by atoms with van der Waals surface area (Å²) in [7, 11) is 0. The molecule has 0 amide bonds. The van der Waals surface area contributed by atoms with Crippen LogP contribution < -0.4 is 10.1 Å². The van der Waals surface area contributed by atoms with Gasteiger partial charge in [0.1, 0.15) is 11.4 Å². The van der Waals surface area contributed by atoms with Gasteiger partial charge >= 0.3 is 0 Å². The van der Waals surface area contributed by atoms with E-state index >= 15 is 0 Å². The quantitative estimate of drug-likeness (QED) is 0.780. The van der Waals surface area contributed by atoms with Crippen molar-refractivity contribution < 1.29 is 13.5 Å². The zero-order chi connectivity index (χ0) is 15.2. The van der Waals surface area contributed by atoms with E-state index in [0.717, 1.165) is 12.1 Å². The minimum Gasteiger partial charge on any atom is -0.491 e. The first kappa shape index (κ1) is 16.4. The van der Waals surface area contributed by atoms with Crippen LogP contribution in [0.4, 0.5) is 8.78 Å². The van der Waals surface area contributed by atoms with Crippen LogP contribution in [0, 0.1) is 23.0 Å². The molecule has 1 rings (SSSR count). The molecule has 110 valence electrons. The third kappa shape index (κ3) is 5.14. The molecule has 5 heteroatoms. The van der Waals surface area contributed by atoms with Gasteiger partial charge in [0.2, 0.25) is 0 Å². The Balaban J connectivity index is 2.43. The predicted molar refractivity (Wildman–Crippen MR) is 73.4 cm³/mol. The second-order valence-electron chi connectivity index (χ2n) is 5.27. The molecule has 0 heterocycles. The monoisotopic (exact) mass is 282 g/mol. The molecular weight excluding hydrogens is 262 g/mol. The van der Waals surface area contributed by atoms with E-state index in [1.54, 1.807) is 0 Å². The molecular formula is C15H20F2N2O. The van der Waals surface area contributed by atoms with Crippen molar-refractivity contribution in [1.29, 1.82) is 5.26 Å². The smallest absolute Gasteiger partial charge is 0.167 e. The maximum absolute atomic E-state index is 13.3. The normalized spacial score (nSPS) is 13.8. The first-order valence-corrected chi connectivity index (χ1v) is 6.63. The molecule has 0 spiro atoms. The second-order valence-corrected chi connectivity index (χ2v) is 5.27. The molecule has 0 fully saturated rings. The lowest BCUT2D eigenvalue weighted by Crippen LogP contribution is -2.45. The number of ether oxygens (including phenoxy) is 1. The molecule has 1 aromatic carbocycles. The summed E-state index contributed by atoms with van der Waals surface area (Å²) < 4.78 is 31.3. The number of nitrogens with zero attached hydrogens (tertiary/aromatic N) is 1. The molecule has 0 radical (unpaired) electrons. The van der Waals surface area contributed by atoms with E-state index in [0.29, 0.717) is 12.8 Å². The highest BCUT2D eigenvalue weighted by molar-refractivity contribution is 5.24. The summed E-state index contributed by atoms with van der Waals surface area (Å²) in [4.78, 5) is 0. The molecule has 1 aromatic rings. The molecule has 0 saturated carbocycles. The van der Waals surface area contributed by atoms with E-state index in [9.17, 15) is 14.0 Å². The van der Waals surface area contributed by atoms with Crippen molar-refractivity contribution in [3.63, 3.8) is 0 Å². The zero-order valence-corrected chi connectivity index (χ0v) is 12.0. The fourth-order valence-corrected chi connectivity index (χ4v) is 2.00. The SMILES string of the molecule is CC(C)NC(C)(C#N)CCCOc1ccc(F)cc1F. The van der Waals surface area contributed by atoms with Gasteiger partial charge in [-0.1, -0.05) is 0 Å². The molecule has 0 aliphatic carbocycles. The summed E-state index contributed by atoms with van der Waals surface area (Å²) >= 11 is 0. The maximum Gasteiger partial charge on any atom is 0.167 e. The summed E-state index contributed by atoms with van der Waals surface area (Å²) in [6.45, 7) is 6.05. The number of benzene rings is 1. The molecule has 0 aliphatic rings. The Hall–Kier alpha value is -1.67. The van der Waals surface area contributed by atoms with Crippen LogP contribution in [0.1, 0.15) is 33.6 Å². The summed E-state index contributed by atoms with van der Waals surface area (Å²) in [5, 5.41) is 12.4. The van der Waals surface area contributed by atoms with Crippen LogP contribution >= 0.6 is 0 Å². The minimum absolute atomic E-state index is 0.0295. The van der Waals surface area contributed by atoms with Crippen LogP contribution in [-0.2, 0) is 0 Å². The molecule has 1 N–H and O–H groups in total. The average molecular weight is 282 g/mol. The molecule has 20 heavy (non-hydrogen) atoms. The van der Waals surface area contributed by atoms with Crippen LogP contribution in [0.2, 0.25) is 0 Å². The van der Waals surface area contributed by atoms with Crippen molar-refractivity contribution in [3.8, 4) is 11.8 Å². The highest BCUT2D eigenvalue weighted by Crippen LogP contribution is 2.19. The first-order valence-electron chi connectivity index (χ1n) is 6.63. The van der Waals surface area contributed by atoms with Crippen LogP contribution in [0.25, 0.3) is 0 Å².